The number of imidazole rings is 1. The third kappa shape index (κ3) is 2.35. The van der Waals surface area contributed by atoms with Crippen LogP contribution in [0.4, 0.5) is 4.39 Å². The lowest BCUT2D eigenvalue weighted by Crippen LogP contribution is -2.21. The third-order valence-electron chi connectivity index (χ3n) is 4.17. The van der Waals surface area contributed by atoms with E-state index in [9.17, 15) is 9.18 Å². The average molecular weight is 366 g/mol. The molecule has 0 aliphatic carbocycles. The highest BCUT2D eigenvalue weighted by Gasteiger charge is 2.30. The molecule has 0 saturated heterocycles. The average Bonchev–Trinajstić information content (AvgIpc) is 3.07. The predicted octanol–water partition coefficient (Wildman–Crippen LogP) is 3.35. The van der Waals surface area contributed by atoms with Crippen LogP contribution in [0.2, 0.25) is 5.02 Å². The molecule has 1 aromatic carbocycles. The van der Waals surface area contributed by atoms with Crippen molar-refractivity contribution < 1.29 is 13.9 Å². The number of benzene rings is 1. The van der Waals surface area contributed by atoms with Gasteiger partial charge in [0.05, 0.1) is 30.1 Å². The van der Waals surface area contributed by atoms with E-state index in [2.05, 4.69) is 10.3 Å². The standard InChI is InChI=1S/C16H13ClFN3O2S/c1-23-15-10(17)4-8(5-11(15)18)9-6-13(22)19-7-12-14(9)21-2-3-24-16(21)20-12/h2-5,9H,6-7H2,1H3,(H,19,22)/t9-/m0/s1. The van der Waals surface area contributed by atoms with E-state index >= 15 is 0 Å². The van der Waals surface area contributed by atoms with Gasteiger partial charge in [-0.1, -0.05) is 11.6 Å². The fraction of sp³-hybridized carbons (Fsp3) is 0.250. The summed E-state index contributed by atoms with van der Waals surface area (Å²) in [6, 6.07) is 3.03. The van der Waals surface area contributed by atoms with Crippen molar-refractivity contribution >= 4 is 33.8 Å². The van der Waals surface area contributed by atoms with Crippen molar-refractivity contribution in [2.45, 2.75) is 18.9 Å². The maximum absolute atomic E-state index is 14.3. The minimum Gasteiger partial charge on any atom is -0.492 e. The maximum atomic E-state index is 14.3. The molecule has 0 bridgehead atoms. The van der Waals surface area contributed by atoms with Gasteiger partial charge in [0.15, 0.2) is 16.5 Å². The number of carbonyl (C=O) groups is 1. The highest BCUT2D eigenvalue weighted by atomic mass is 35.5. The molecule has 124 valence electrons. The van der Waals surface area contributed by atoms with Crippen molar-refractivity contribution in [1.82, 2.24) is 14.7 Å². The molecule has 1 N–H and O–H groups in total. The van der Waals surface area contributed by atoms with Crippen LogP contribution in [0.25, 0.3) is 4.96 Å². The molecular weight excluding hydrogens is 353 g/mol. The number of halogens is 2. The maximum Gasteiger partial charge on any atom is 0.221 e. The van der Waals surface area contributed by atoms with Crippen LogP contribution < -0.4 is 10.1 Å². The lowest BCUT2D eigenvalue weighted by Gasteiger charge is -2.17. The van der Waals surface area contributed by atoms with Crippen LogP contribution in [0.1, 0.15) is 29.3 Å². The number of carbonyl (C=O) groups excluding carboxylic acids is 1. The fourth-order valence-corrected chi connectivity index (χ4v) is 4.17. The summed E-state index contributed by atoms with van der Waals surface area (Å²) >= 11 is 7.66. The van der Waals surface area contributed by atoms with Crippen LogP contribution in [-0.4, -0.2) is 22.4 Å². The Hall–Kier alpha value is -2.12. The van der Waals surface area contributed by atoms with E-state index in [0.29, 0.717) is 12.1 Å². The quantitative estimate of drug-likeness (QED) is 0.757. The Bertz CT molecular complexity index is 929. The Morgan fingerprint density at radius 1 is 1.50 bits per heavy atom. The Balaban J connectivity index is 1.92. The van der Waals surface area contributed by atoms with E-state index in [1.165, 1.54) is 24.5 Å². The zero-order chi connectivity index (χ0) is 16.8. The predicted molar refractivity (Wildman–Crippen MR) is 89.3 cm³/mol. The molecule has 4 rings (SSSR count). The largest absolute Gasteiger partial charge is 0.492 e. The number of thiazole rings is 1. The second kappa shape index (κ2) is 5.75. The van der Waals surface area contributed by atoms with Gasteiger partial charge in [-0.3, -0.25) is 9.20 Å². The second-order valence-electron chi connectivity index (χ2n) is 5.55. The molecule has 0 radical (unpaired) electrons. The van der Waals surface area contributed by atoms with Gasteiger partial charge in [0.25, 0.3) is 0 Å². The van der Waals surface area contributed by atoms with E-state index in [-0.39, 0.29) is 29.0 Å². The Morgan fingerprint density at radius 2 is 2.33 bits per heavy atom. The summed E-state index contributed by atoms with van der Waals surface area (Å²) in [7, 11) is 1.37. The second-order valence-corrected chi connectivity index (χ2v) is 6.83. The summed E-state index contributed by atoms with van der Waals surface area (Å²) in [5.41, 5.74) is 2.32. The van der Waals surface area contributed by atoms with Gasteiger partial charge in [-0.05, 0) is 17.7 Å². The molecule has 1 aliphatic rings. The van der Waals surface area contributed by atoms with Gasteiger partial charge in [0.1, 0.15) is 0 Å². The molecule has 1 aliphatic heterocycles. The molecule has 0 fully saturated rings. The number of hydrogen-bond acceptors (Lipinski definition) is 4. The first-order valence-electron chi connectivity index (χ1n) is 7.32. The molecular formula is C16H13ClFN3O2S. The monoisotopic (exact) mass is 365 g/mol. The summed E-state index contributed by atoms with van der Waals surface area (Å²) in [5.74, 6) is -0.968. The van der Waals surface area contributed by atoms with Crippen molar-refractivity contribution in [3.8, 4) is 5.75 Å². The summed E-state index contributed by atoms with van der Waals surface area (Å²) in [6.45, 7) is 0.367. The smallest absolute Gasteiger partial charge is 0.221 e. The van der Waals surface area contributed by atoms with Crippen molar-refractivity contribution in [1.29, 1.82) is 0 Å². The van der Waals surface area contributed by atoms with Crippen LogP contribution in [0.5, 0.6) is 5.75 Å². The molecule has 5 nitrogen and oxygen atoms in total. The van der Waals surface area contributed by atoms with Gasteiger partial charge in [-0.25, -0.2) is 9.37 Å². The van der Waals surface area contributed by atoms with Gasteiger partial charge in [-0.15, -0.1) is 11.3 Å². The Labute approximate surface area is 146 Å². The molecule has 1 amide bonds. The Morgan fingerprint density at radius 3 is 3.08 bits per heavy atom. The van der Waals surface area contributed by atoms with Crippen molar-refractivity contribution in [2.24, 2.45) is 0 Å². The van der Waals surface area contributed by atoms with Crippen molar-refractivity contribution in [3.05, 3.63) is 51.5 Å². The number of nitrogens with one attached hydrogen (secondary N) is 1. The summed E-state index contributed by atoms with van der Waals surface area (Å²) in [5, 5.41) is 4.96. The van der Waals surface area contributed by atoms with Crippen LogP contribution in [0.15, 0.2) is 23.7 Å². The molecule has 1 atom stereocenters. The lowest BCUT2D eigenvalue weighted by molar-refractivity contribution is -0.121. The number of rotatable bonds is 2. The van der Waals surface area contributed by atoms with Gasteiger partial charge in [0.2, 0.25) is 5.91 Å². The topological polar surface area (TPSA) is 55.6 Å². The highest BCUT2D eigenvalue weighted by Crippen LogP contribution is 2.38. The van der Waals surface area contributed by atoms with E-state index in [4.69, 9.17) is 16.3 Å². The number of methoxy groups -OCH3 is 1. The summed E-state index contributed by atoms with van der Waals surface area (Å²) < 4.78 is 21.2. The normalized spacial score (nSPS) is 17.5. The van der Waals surface area contributed by atoms with Crippen LogP contribution in [-0.2, 0) is 11.3 Å². The van der Waals surface area contributed by atoms with E-state index in [0.717, 1.165) is 16.3 Å². The summed E-state index contributed by atoms with van der Waals surface area (Å²) in [6.07, 6.45) is 2.12. The number of amides is 1. The van der Waals surface area contributed by atoms with E-state index in [1.54, 1.807) is 6.07 Å². The molecule has 2 aromatic heterocycles. The first-order chi connectivity index (χ1) is 11.6. The molecule has 8 heteroatoms. The first-order valence-corrected chi connectivity index (χ1v) is 8.58. The zero-order valence-corrected chi connectivity index (χ0v) is 14.2. The SMILES string of the molecule is COc1c(F)cc([C@@H]2CC(=O)NCc3nc4sccn4c32)cc1Cl. The molecule has 24 heavy (non-hydrogen) atoms. The van der Waals surface area contributed by atoms with Gasteiger partial charge < -0.3 is 10.1 Å². The van der Waals surface area contributed by atoms with E-state index in [1.807, 2.05) is 16.0 Å². The lowest BCUT2D eigenvalue weighted by atomic mass is 9.91. The number of hydrogen-bond donors (Lipinski definition) is 1. The third-order valence-corrected chi connectivity index (χ3v) is 5.21. The van der Waals surface area contributed by atoms with Crippen LogP contribution in [0, 0.1) is 5.82 Å². The summed E-state index contributed by atoms with van der Waals surface area (Å²) in [4.78, 5) is 17.5. The molecule has 0 spiro atoms. The minimum atomic E-state index is -0.544. The van der Waals surface area contributed by atoms with Crippen molar-refractivity contribution in [2.75, 3.05) is 7.11 Å². The van der Waals surface area contributed by atoms with E-state index < -0.39 is 5.82 Å². The Kier molecular flexibility index (Phi) is 3.69. The molecule has 3 heterocycles. The number of ether oxygens (including phenoxy) is 1. The molecule has 3 aromatic rings. The van der Waals surface area contributed by atoms with Crippen molar-refractivity contribution in [3.63, 3.8) is 0 Å². The fourth-order valence-electron chi connectivity index (χ4n) is 3.14. The zero-order valence-electron chi connectivity index (χ0n) is 12.7. The molecule has 0 saturated carbocycles. The van der Waals surface area contributed by atoms with Crippen LogP contribution >= 0.6 is 22.9 Å². The first kappa shape index (κ1) is 15.4. The highest BCUT2D eigenvalue weighted by molar-refractivity contribution is 7.15. The van der Waals surface area contributed by atoms with Gasteiger partial charge in [0, 0.05) is 23.9 Å². The van der Waals surface area contributed by atoms with Crippen LogP contribution in [0.3, 0.4) is 0 Å². The number of nitrogens with zero attached hydrogens (tertiary/aromatic N) is 2. The molecule has 0 unspecified atom stereocenters. The van der Waals surface area contributed by atoms with Gasteiger partial charge in [-0.2, -0.15) is 0 Å². The number of aromatic nitrogens is 2. The number of fused-ring (bicyclic) bond motifs is 3. The van der Waals surface area contributed by atoms with Gasteiger partial charge >= 0.3 is 0 Å². The minimum absolute atomic E-state index is 0.00711.